The predicted molar refractivity (Wildman–Crippen MR) is 69.8 cm³/mol. The van der Waals surface area contributed by atoms with Gasteiger partial charge in [-0.25, -0.2) is 9.87 Å². The summed E-state index contributed by atoms with van der Waals surface area (Å²) in [5.74, 6) is -1.24. The molecule has 0 aliphatic rings. The smallest absolute Gasteiger partial charge is 0.280 e. The highest BCUT2D eigenvalue weighted by atomic mass is 19.1. The molecule has 0 saturated heterocycles. The van der Waals surface area contributed by atoms with E-state index in [-0.39, 0.29) is 17.6 Å². The molecule has 6 nitrogen and oxygen atoms in total. The van der Waals surface area contributed by atoms with Crippen LogP contribution in [0, 0.1) is 5.82 Å². The highest BCUT2D eigenvalue weighted by molar-refractivity contribution is 5.96. The number of hydrogen-bond acceptors (Lipinski definition) is 4. The van der Waals surface area contributed by atoms with Crippen LogP contribution in [0.15, 0.2) is 29.2 Å². The number of carbonyl (C=O) groups excluding carboxylic acids is 1. The molecule has 0 aliphatic heterocycles. The maximum absolute atomic E-state index is 13.1. The van der Waals surface area contributed by atoms with Gasteiger partial charge in [0.25, 0.3) is 5.91 Å². The minimum Gasteiger partial charge on any atom is -0.382 e. The Morgan fingerprint density at radius 2 is 2.20 bits per heavy atom. The summed E-state index contributed by atoms with van der Waals surface area (Å²) >= 11 is 0. The number of methoxy groups -OCH3 is 1. The number of amides is 1. The second-order valence-electron chi connectivity index (χ2n) is 3.99. The summed E-state index contributed by atoms with van der Waals surface area (Å²) in [6, 6.07) is 3.74. The van der Waals surface area contributed by atoms with Crippen LogP contribution < -0.4 is 10.9 Å². The molecule has 2 aromatic rings. The maximum Gasteiger partial charge on any atom is 0.280 e. The van der Waals surface area contributed by atoms with Gasteiger partial charge < -0.3 is 9.72 Å². The largest absolute Gasteiger partial charge is 0.382 e. The highest BCUT2D eigenvalue weighted by Gasteiger charge is 2.13. The zero-order valence-corrected chi connectivity index (χ0v) is 10.7. The fourth-order valence-electron chi connectivity index (χ4n) is 1.66. The topological polar surface area (TPSA) is 80.4 Å². The number of aromatic nitrogens is 1. The first kappa shape index (κ1) is 14.2. The van der Waals surface area contributed by atoms with Crippen LogP contribution in [0.5, 0.6) is 0 Å². The lowest BCUT2D eigenvalue weighted by Gasteiger charge is -2.06. The van der Waals surface area contributed by atoms with Gasteiger partial charge in [-0.2, -0.15) is 0 Å². The van der Waals surface area contributed by atoms with Crippen LogP contribution in [0.4, 0.5) is 4.39 Å². The molecule has 1 aromatic heterocycles. The van der Waals surface area contributed by atoms with E-state index < -0.39 is 17.2 Å². The number of H-pyrrole nitrogens is 1. The molecule has 0 atom stereocenters. The van der Waals surface area contributed by atoms with Crippen molar-refractivity contribution in [3.8, 4) is 0 Å². The molecule has 0 spiro atoms. The van der Waals surface area contributed by atoms with E-state index in [0.717, 1.165) is 6.07 Å². The molecule has 0 aliphatic carbocycles. The Morgan fingerprint density at radius 1 is 1.40 bits per heavy atom. The van der Waals surface area contributed by atoms with E-state index in [1.54, 1.807) is 0 Å². The minimum atomic E-state index is -0.700. The van der Waals surface area contributed by atoms with Crippen molar-refractivity contribution in [1.29, 1.82) is 0 Å². The molecule has 20 heavy (non-hydrogen) atoms. The quantitative estimate of drug-likeness (QED) is 0.632. The highest BCUT2D eigenvalue weighted by Crippen LogP contribution is 2.10. The molecule has 7 heteroatoms. The summed E-state index contributed by atoms with van der Waals surface area (Å²) in [5.41, 5.74) is 1.86. The molecule has 2 N–H and O–H groups in total. The van der Waals surface area contributed by atoms with E-state index in [9.17, 15) is 14.0 Å². The summed E-state index contributed by atoms with van der Waals surface area (Å²) < 4.78 is 17.9. The summed E-state index contributed by atoms with van der Waals surface area (Å²) in [6.45, 7) is 0.460. The predicted octanol–water partition coefficient (Wildman–Crippen LogP) is 0.975. The second kappa shape index (κ2) is 6.27. The van der Waals surface area contributed by atoms with Crippen LogP contribution in [0.3, 0.4) is 0 Å². The summed E-state index contributed by atoms with van der Waals surface area (Å²) in [5, 5.41) is 0.106. The molecular weight excluding hydrogens is 267 g/mol. The lowest BCUT2D eigenvalue weighted by molar-refractivity contribution is 0.00881. The van der Waals surface area contributed by atoms with Crippen molar-refractivity contribution in [2.45, 2.75) is 0 Å². The van der Waals surface area contributed by atoms with E-state index in [1.165, 1.54) is 25.4 Å². The van der Waals surface area contributed by atoms with Crippen LogP contribution in [-0.4, -0.2) is 31.2 Å². The normalized spacial score (nSPS) is 10.7. The Labute approximate surface area is 113 Å². The number of pyridine rings is 1. The van der Waals surface area contributed by atoms with Gasteiger partial charge in [0.1, 0.15) is 11.4 Å². The third-order valence-corrected chi connectivity index (χ3v) is 2.64. The van der Waals surface area contributed by atoms with E-state index in [1.807, 2.05) is 0 Å². The van der Waals surface area contributed by atoms with Crippen molar-refractivity contribution >= 4 is 16.8 Å². The SMILES string of the molecule is COCCONC(=O)c1c[nH]c2ccc(F)cc2c1=O. The summed E-state index contributed by atoms with van der Waals surface area (Å²) in [6.07, 6.45) is 1.26. The summed E-state index contributed by atoms with van der Waals surface area (Å²) in [4.78, 5) is 31.4. The van der Waals surface area contributed by atoms with E-state index in [0.29, 0.717) is 12.1 Å². The van der Waals surface area contributed by atoms with Crippen LogP contribution >= 0.6 is 0 Å². The zero-order valence-electron chi connectivity index (χ0n) is 10.7. The van der Waals surface area contributed by atoms with Gasteiger partial charge in [-0.15, -0.1) is 0 Å². The first-order valence-electron chi connectivity index (χ1n) is 5.85. The molecule has 0 fully saturated rings. The Bertz CT molecular complexity index is 684. The van der Waals surface area contributed by atoms with Crippen LogP contribution in [0.1, 0.15) is 10.4 Å². The van der Waals surface area contributed by atoms with E-state index in [2.05, 4.69) is 10.5 Å². The third-order valence-electron chi connectivity index (χ3n) is 2.64. The molecule has 1 heterocycles. The Kier molecular flexibility index (Phi) is 4.44. The number of aromatic amines is 1. The molecule has 1 amide bonds. The number of carbonyl (C=O) groups is 1. The molecule has 1 aromatic carbocycles. The van der Waals surface area contributed by atoms with E-state index >= 15 is 0 Å². The third kappa shape index (κ3) is 3.01. The first-order valence-corrected chi connectivity index (χ1v) is 5.85. The number of hydroxylamine groups is 1. The van der Waals surface area contributed by atoms with Gasteiger partial charge in [-0.1, -0.05) is 0 Å². The average molecular weight is 280 g/mol. The van der Waals surface area contributed by atoms with Crippen molar-refractivity contribution in [2.24, 2.45) is 0 Å². The van der Waals surface area contributed by atoms with Crippen LogP contribution in [-0.2, 0) is 9.57 Å². The van der Waals surface area contributed by atoms with Crippen molar-refractivity contribution in [3.05, 3.63) is 46.0 Å². The number of benzene rings is 1. The van der Waals surface area contributed by atoms with Crippen molar-refractivity contribution in [3.63, 3.8) is 0 Å². The number of nitrogens with one attached hydrogen (secondary N) is 2. The van der Waals surface area contributed by atoms with Crippen molar-refractivity contribution < 1.29 is 18.8 Å². The molecule has 0 radical (unpaired) electrons. The van der Waals surface area contributed by atoms with Crippen molar-refractivity contribution in [2.75, 3.05) is 20.3 Å². The Morgan fingerprint density at radius 3 is 2.95 bits per heavy atom. The first-order chi connectivity index (χ1) is 9.63. The average Bonchev–Trinajstić information content (AvgIpc) is 2.44. The number of hydrogen-bond donors (Lipinski definition) is 2. The van der Waals surface area contributed by atoms with Gasteiger partial charge >= 0.3 is 0 Å². The lowest BCUT2D eigenvalue weighted by Crippen LogP contribution is -2.30. The lowest BCUT2D eigenvalue weighted by atomic mass is 10.1. The zero-order chi connectivity index (χ0) is 14.5. The minimum absolute atomic E-state index is 0.106. The van der Waals surface area contributed by atoms with Crippen LogP contribution in [0.2, 0.25) is 0 Å². The van der Waals surface area contributed by atoms with Gasteiger partial charge in [0.15, 0.2) is 0 Å². The van der Waals surface area contributed by atoms with Gasteiger partial charge in [-0.05, 0) is 18.2 Å². The standard InChI is InChI=1S/C13H13FN2O4/c1-19-4-5-20-16-13(18)10-7-15-11-3-2-8(14)6-9(11)12(10)17/h2-3,6-7H,4-5H2,1H3,(H,15,17)(H,16,18). The Hall–Kier alpha value is -2.25. The monoisotopic (exact) mass is 280 g/mol. The van der Waals surface area contributed by atoms with Crippen molar-refractivity contribution in [1.82, 2.24) is 10.5 Å². The fraction of sp³-hybridized carbons (Fsp3) is 0.231. The molecule has 2 rings (SSSR count). The molecular formula is C13H13FN2O4. The maximum atomic E-state index is 13.1. The van der Waals surface area contributed by atoms with Gasteiger partial charge in [-0.3, -0.25) is 14.4 Å². The number of fused-ring (bicyclic) bond motifs is 1. The number of ether oxygens (including phenoxy) is 1. The second-order valence-corrected chi connectivity index (χ2v) is 3.99. The van der Waals surface area contributed by atoms with Gasteiger partial charge in [0.2, 0.25) is 5.43 Å². The summed E-state index contributed by atoms with van der Waals surface area (Å²) in [7, 11) is 1.49. The number of rotatable bonds is 5. The van der Waals surface area contributed by atoms with E-state index in [4.69, 9.17) is 9.57 Å². The van der Waals surface area contributed by atoms with Gasteiger partial charge in [0, 0.05) is 24.2 Å². The fourth-order valence-corrected chi connectivity index (χ4v) is 1.66. The molecule has 106 valence electrons. The molecule has 0 bridgehead atoms. The van der Waals surface area contributed by atoms with Gasteiger partial charge in [0.05, 0.1) is 13.2 Å². The molecule has 0 saturated carbocycles. The van der Waals surface area contributed by atoms with Crippen LogP contribution in [0.25, 0.3) is 10.9 Å². The molecule has 0 unspecified atom stereocenters. The Balaban J connectivity index is 2.24. The number of halogens is 1.